The predicted octanol–water partition coefficient (Wildman–Crippen LogP) is 3.72. The third-order valence-corrected chi connectivity index (χ3v) is 4.92. The van der Waals surface area contributed by atoms with Crippen LogP contribution >= 0.6 is 0 Å². The van der Waals surface area contributed by atoms with E-state index in [2.05, 4.69) is 5.32 Å². The van der Waals surface area contributed by atoms with Gasteiger partial charge in [0.1, 0.15) is 11.6 Å². The summed E-state index contributed by atoms with van der Waals surface area (Å²) in [5.74, 6) is -2.58. The molecule has 5 nitrogen and oxygen atoms in total. The van der Waals surface area contributed by atoms with Crippen LogP contribution in [0.3, 0.4) is 0 Å². The van der Waals surface area contributed by atoms with E-state index in [-0.39, 0.29) is 34.6 Å². The smallest absolute Gasteiger partial charge is 0.261 e. The molecular formula is C22H22F2N2O3. The summed E-state index contributed by atoms with van der Waals surface area (Å²) in [6, 6.07) is 7.41. The van der Waals surface area contributed by atoms with Gasteiger partial charge in [-0.2, -0.15) is 0 Å². The van der Waals surface area contributed by atoms with Gasteiger partial charge in [0, 0.05) is 23.7 Å². The SMILES string of the molecule is CCCCN1C(=O)c2ccc(C(=O)NC(C)Cc3c(F)cccc3F)cc2C1=O. The number of hydrogen-bond acceptors (Lipinski definition) is 3. The molecule has 7 heteroatoms. The minimum absolute atomic E-state index is 0.0165. The standard InChI is InChI=1S/C22H22F2N2O3/c1-3-4-10-26-21(28)15-9-8-14(12-16(15)22(26)29)20(27)25-13(2)11-17-18(23)6-5-7-19(17)24/h5-9,12-13H,3-4,10-11H2,1-2H3,(H,25,27). The van der Waals surface area contributed by atoms with E-state index in [1.807, 2.05) is 6.92 Å². The zero-order chi connectivity index (χ0) is 21.1. The Bertz CT molecular complexity index is 954. The third-order valence-electron chi connectivity index (χ3n) is 4.92. The number of unbranched alkanes of at least 4 members (excludes halogenated alkanes) is 1. The first-order valence-electron chi connectivity index (χ1n) is 9.57. The number of nitrogens with one attached hydrogen (secondary N) is 1. The average Bonchev–Trinajstić information content (AvgIpc) is 2.93. The summed E-state index contributed by atoms with van der Waals surface area (Å²) in [6.07, 6.45) is 1.54. The molecule has 1 atom stereocenters. The second-order valence-electron chi connectivity index (χ2n) is 7.15. The molecule has 1 unspecified atom stereocenters. The lowest BCUT2D eigenvalue weighted by molar-refractivity contribution is 0.0652. The monoisotopic (exact) mass is 400 g/mol. The van der Waals surface area contributed by atoms with E-state index in [9.17, 15) is 23.2 Å². The first-order valence-corrected chi connectivity index (χ1v) is 9.57. The number of carbonyl (C=O) groups excluding carboxylic acids is 3. The van der Waals surface area contributed by atoms with E-state index in [1.165, 1.54) is 41.3 Å². The molecule has 2 aromatic carbocycles. The molecule has 1 aliphatic heterocycles. The van der Waals surface area contributed by atoms with Gasteiger partial charge >= 0.3 is 0 Å². The molecule has 0 spiro atoms. The van der Waals surface area contributed by atoms with Crippen LogP contribution in [0.2, 0.25) is 0 Å². The Morgan fingerprint density at radius 2 is 1.72 bits per heavy atom. The first-order chi connectivity index (χ1) is 13.8. The number of benzene rings is 2. The van der Waals surface area contributed by atoms with Gasteiger partial charge in [0.2, 0.25) is 0 Å². The summed E-state index contributed by atoms with van der Waals surface area (Å²) in [5.41, 5.74) is 0.598. The summed E-state index contributed by atoms with van der Waals surface area (Å²) in [6.45, 7) is 3.95. The van der Waals surface area contributed by atoms with Gasteiger partial charge < -0.3 is 5.32 Å². The lowest BCUT2D eigenvalue weighted by Crippen LogP contribution is -2.34. The molecule has 0 bridgehead atoms. The number of imide groups is 1. The largest absolute Gasteiger partial charge is 0.349 e. The van der Waals surface area contributed by atoms with Crippen molar-refractivity contribution in [2.75, 3.05) is 6.54 Å². The Morgan fingerprint density at radius 3 is 2.38 bits per heavy atom. The first kappa shape index (κ1) is 20.6. The normalized spacial score (nSPS) is 14.1. The fourth-order valence-corrected chi connectivity index (χ4v) is 3.34. The molecule has 0 radical (unpaired) electrons. The van der Waals surface area contributed by atoms with Crippen LogP contribution in [0.1, 0.15) is 63.3 Å². The Labute approximate surface area is 167 Å². The van der Waals surface area contributed by atoms with Crippen LogP contribution in [0.5, 0.6) is 0 Å². The molecule has 1 aliphatic rings. The maximum absolute atomic E-state index is 13.8. The van der Waals surface area contributed by atoms with Crippen molar-refractivity contribution in [2.45, 2.75) is 39.2 Å². The van der Waals surface area contributed by atoms with Crippen LogP contribution in [0.25, 0.3) is 0 Å². The summed E-state index contributed by atoms with van der Waals surface area (Å²) in [7, 11) is 0. The van der Waals surface area contributed by atoms with E-state index < -0.39 is 29.5 Å². The maximum Gasteiger partial charge on any atom is 0.261 e. The highest BCUT2D eigenvalue weighted by Gasteiger charge is 2.35. The highest BCUT2D eigenvalue weighted by molar-refractivity contribution is 6.22. The minimum Gasteiger partial charge on any atom is -0.349 e. The molecule has 0 saturated carbocycles. The van der Waals surface area contributed by atoms with E-state index in [0.29, 0.717) is 13.0 Å². The van der Waals surface area contributed by atoms with E-state index in [0.717, 1.165) is 6.42 Å². The molecule has 0 saturated heterocycles. The average molecular weight is 400 g/mol. The molecule has 1 heterocycles. The number of hydrogen-bond donors (Lipinski definition) is 1. The van der Waals surface area contributed by atoms with Crippen molar-refractivity contribution in [3.05, 3.63) is 70.3 Å². The Morgan fingerprint density at radius 1 is 1.07 bits per heavy atom. The van der Waals surface area contributed by atoms with Crippen molar-refractivity contribution >= 4 is 17.7 Å². The fourth-order valence-electron chi connectivity index (χ4n) is 3.34. The van der Waals surface area contributed by atoms with Gasteiger partial charge in [-0.3, -0.25) is 19.3 Å². The molecule has 152 valence electrons. The van der Waals surface area contributed by atoms with Gasteiger partial charge in [-0.05, 0) is 50.1 Å². The Hall–Kier alpha value is -3.09. The lowest BCUT2D eigenvalue weighted by Gasteiger charge is -2.15. The summed E-state index contributed by atoms with van der Waals surface area (Å²) in [4.78, 5) is 38.6. The molecule has 2 aromatic rings. The molecule has 3 rings (SSSR count). The van der Waals surface area contributed by atoms with Gasteiger partial charge in [0.25, 0.3) is 17.7 Å². The maximum atomic E-state index is 13.8. The van der Waals surface area contributed by atoms with Gasteiger partial charge in [-0.25, -0.2) is 8.78 Å². The summed E-state index contributed by atoms with van der Waals surface area (Å²) in [5, 5.41) is 2.68. The second kappa shape index (κ2) is 8.51. The van der Waals surface area contributed by atoms with Crippen molar-refractivity contribution in [1.82, 2.24) is 10.2 Å². The number of amides is 3. The number of fused-ring (bicyclic) bond motifs is 1. The molecule has 29 heavy (non-hydrogen) atoms. The number of nitrogens with zero attached hydrogens (tertiary/aromatic N) is 1. The fraction of sp³-hybridized carbons (Fsp3) is 0.318. The highest BCUT2D eigenvalue weighted by atomic mass is 19.1. The Kier molecular flexibility index (Phi) is 6.06. The van der Waals surface area contributed by atoms with Crippen molar-refractivity contribution in [3.63, 3.8) is 0 Å². The van der Waals surface area contributed by atoms with Crippen LogP contribution in [0.15, 0.2) is 36.4 Å². The summed E-state index contributed by atoms with van der Waals surface area (Å²) < 4.78 is 27.6. The van der Waals surface area contributed by atoms with E-state index in [4.69, 9.17) is 0 Å². The van der Waals surface area contributed by atoms with Crippen molar-refractivity contribution in [1.29, 1.82) is 0 Å². The molecule has 3 amide bonds. The van der Waals surface area contributed by atoms with E-state index >= 15 is 0 Å². The minimum atomic E-state index is -0.667. The van der Waals surface area contributed by atoms with Gasteiger partial charge in [-0.15, -0.1) is 0 Å². The molecule has 0 aromatic heterocycles. The van der Waals surface area contributed by atoms with Crippen molar-refractivity contribution in [3.8, 4) is 0 Å². The Balaban J connectivity index is 1.72. The van der Waals surface area contributed by atoms with Crippen LogP contribution in [0, 0.1) is 11.6 Å². The van der Waals surface area contributed by atoms with Crippen molar-refractivity contribution in [2.24, 2.45) is 0 Å². The van der Waals surface area contributed by atoms with Crippen LogP contribution in [-0.4, -0.2) is 35.2 Å². The van der Waals surface area contributed by atoms with Gasteiger partial charge in [-0.1, -0.05) is 19.4 Å². The number of rotatable bonds is 7. The lowest BCUT2D eigenvalue weighted by atomic mass is 10.0. The molecule has 1 N–H and O–H groups in total. The zero-order valence-electron chi connectivity index (χ0n) is 16.3. The third kappa shape index (κ3) is 4.18. The summed E-state index contributed by atoms with van der Waals surface area (Å²) >= 11 is 0. The number of halogens is 2. The molecule has 0 fully saturated rings. The molecule has 0 aliphatic carbocycles. The van der Waals surface area contributed by atoms with Gasteiger partial charge in [0.05, 0.1) is 11.1 Å². The van der Waals surface area contributed by atoms with E-state index in [1.54, 1.807) is 6.92 Å². The molecular weight excluding hydrogens is 378 g/mol. The van der Waals surface area contributed by atoms with Crippen molar-refractivity contribution < 1.29 is 23.2 Å². The highest BCUT2D eigenvalue weighted by Crippen LogP contribution is 2.24. The predicted molar refractivity (Wildman–Crippen MR) is 104 cm³/mol. The van der Waals surface area contributed by atoms with Gasteiger partial charge in [0.15, 0.2) is 0 Å². The quantitative estimate of drug-likeness (QED) is 0.721. The zero-order valence-corrected chi connectivity index (χ0v) is 16.3. The number of carbonyl (C=O) groups is 3. The van der Waals surface area contributed by atoms with Crippen LogP contribution < -0.4 is 5.32 Å². The van der Waals surface area contributed by atoms with Crippen LogP contribution in [0.4, 0.5) is 8.78 Å². The van der Waals surface area contributed by atoms with Crippen LogP contribution in [-0.2, 0) is 6.42 Å². The topological polar surface area (TPSA) is 66.5 Å². The second-order valence-corrected chi connectivity index (χ2v) is 7.15.